The van der Waals surface area contributed by atoms with E-state index in [-0.39, 0.29) is 22.6 Å². The number of nitro benzene ring substituents is 1. The lowest BCUT2D eigenvalue weighted by Crippen LogP contribution is -2.13. The first kappa shape index (κ1) is 16.1. The Morgan fingerprint density at radius 2 is 1.90 bits per heavy atom. The number of ether oxygens (including phenoxy) is 1. The SMILES string of the molecule is CCC(=NS(=O)(=O)c1ccc([N+](=O)[O-])cc1)OC(C)C. The number of hydrogen-bond acceptors (Lipinski definition) is 5. The first-order chi connectivity index (χ1) is 9.26. The van der Waals surface area contributed by atoms with E-state index >= 15 is 0 Å². The maximum absolute atomic E-state index is 12.0. The van der Waals surface area contributed by atoms with Gasteiger partial charge in [0.2, 0.25) is 0 Å². The molecule has 0 bridgehead atoms. The minimum atomic E-state index is -3.92. The number of benzene rings is 1. The number of nitro groups is 1. The highest BCUT2D eigenvalue weighted by molar-refractivity contribution is 7.90. The Balaban J connectivity index is 3.09. The lowest BCUT2D eigenvalue weighted by molar-refractivity contribution is -0.384. The molecule has 0 aromatic heterocycles. The van der Waals surface area contributed by atoms with E-state index in [0.29, 0.717) is 6.42 Å². The normalized spacial score (nSPS) is 12.5. The van der Waals surface area contributed by atoms with Crippen molar-refractivity contribution in [1.82, 2.24) is 0 Å². The Hall–Kier alpha value is -1.96. The maximum atomic E-state index is 12.0. The van der Waals surface area contributed by atoms with Crippen LogP contribution in [-0.2, 0) is 14.8 Å². The van der Waals surface area contributed by atoms with E-state index in [4.69, 9.17) is 4.74 Å². The summed E-state index contributed by atoms with van der Waals surface area (Å²) >= 11 is 0. The second kappa shape index (κ2) is 6.47. The molecule has 8 heteroatoms. The van der Waals surface area contributed by atoms with Crippen molar-refractivity contribution >= 4 is 21.6 Å². The van der Waals surface area contributed by atoms with Gasteiger partial charge < -0.3 is 4.74 Å². The number of rotatable bonds is 5. The molecule has 0 heterocycles. The van der Waals surface area contributed by atoms with Crippen molar-refractivity contribution in [3.63, 3.8) is 0 Å². The van der Waals surface area contributed by atoms with Crippen LogP contribution in [0.5, 0.6) is 0 Å². The molecule has 0 fully saturated rings. The van der Waals surface area contributed by atoms with E-state index in [1.165, 1.54) is 0 Å². The van der Waals surface area contributed by atoms with Crippen molar-refractivity contribution in [1.29, 1.82) is 0 Å². The molecule has 0 amide bonds. The van der Waals surface area contributed by atoms with Gasteiger partial charge in [0.1, 0.15) is 0 Å². The molecular formula is C12H16N2O5S. The summed E-state index contributed by atoms with van der Waals surface area (Å²) in [5.41, 5.74) is -0.179. The van der Waals surface area contributed by atoms with Gasteiger partial charge in [-0.1, -0.05) is 6.92 Å². The van der Waals surface area contributed by atoms with Crippen LogP contribution in [0, 0.1) is 10.1 Å². The van der Waals surface area contributed by atoms with Gasteiger partial charge in [0.25, 0.3) is 15.7 Å². The van der Waals surface area contributed by atoms with Crippen LogP contribution in [0.2, 0.25) is 0 Å². The van der Waals surface area contributed by atoms with Gasteiger partial charge in [-0.15, -0.1) is 4.40 Å². The Labute approximate surface area is 117 Å². The quantitative estimate of drug-likeness (QED) is 0.360. The Kier molecular flexibility index (Phi) is 5.20. The van der Waals surface area contributed by atoms with Gasteiger partial charge in [-0.2, -0.15) is 8.42 Å². The Morgan fingerprint density at radius 3 is 2.30 bits per heavy atom. The average Bonchev–Trinajstić information content (AvgIpc) is 2.37. The monoisotopic (exact) mass is 300 g/mol. The fourth-order valence-electron chi connectivity index (χ4n) is 1.37. The summed E-state index contributed by atoms with van der Waals surface area (Å²) in [7, 11) is -3.92. The smallest absolute Gasteiger partial charge is 0.285 e. The van der Waals surface area contributed by atoms with Crippen molar-refractivity contribution in [2.24, 2.45) is 4.40 Å². The van der Waals surface area contributed by atoms with Crippen LogP contribution in [0.1, 0.15) is 27.2 Å². The largest absolute Gasteiger partial charge is 0.478 e. The second-order valence-electron chi connectivity index (χ2n) is 4.23. The molecule has 0 saturated heterocycles. The van der Waals surface area contributed by atoms with Crippen molar-refractivity contribution in [3.05, 3.63) is 34.4 Å². The molecule has 0 spiro atoms. The van der Waals surface area contributed by atoms with Gasteiger partial charge in [0.15, 0.2) is 5.90 Å². The molecule has 0 aliphatic heterocycles. The predicted octanol–water partition coefficient (Wildman–Crippen LogP) is 2.52. The molecule has 0 unspecified atom stereocenters. The van der Waals surface area contributed by atoms with Crippen molar-refractivity contribution < 1.29 is 18.1 Å². The molecule has 0 aliphatic carbocycles. The fraction of sp³-hybridized carbons (Fsp3) is 0.417. The van der Waals surface area contributed by atoms with Crippen LogP contribution in [0.3, 0.4) is 0 Å². The molecular weight excluding hydrogens is 284 g/mol. The van der Waals surface area contributed by atoms with Gasteiger partial charge in [0, 0.05) is 18.6 Å². The molecule has 20 heavy (non-hydrogen) atoms. The van der Waals surface area contributed by atoms with E-state index in [1.54, 1.807) is 20.8 Å². The number of non-ortho nitro benzene ring substituents is 1. The summed E-state index contributed by atoms with van der Waals surface area (Å²) in [4.78, 5) is 9.81. The summed E-state index contributed by atoms with van der Waals surface area (Å²) in [5, 5.41) is 10.5. The number of hydrogen-bond donors (Lipinski definition) is 0. The molecule has 0 aliphatic rings. The minimum Gasteiger partial charge on any atom is -0.478 e. The molecule has 0 saturated carbocycles. The molecule has 0 radical (unpaired) electrons. The van der Waals surface area contributed by atoms with Crippen LogP contribution in [-0.4, -0.2) is 25.3 Å². The van der Waals surface area contributed by atoms with E-state index in [1.807, 2.05) is 0 Å². The summed E-state index contributed by atoms with van der Waals surface area (Å²) in [5.74, 6) is 0.110. The lowest BCUT2D eigenvalue weighted by atomic mass is 10.3. The van der Waals surface area contributed by atoms with Crippen LogP contribution in [0.25, 0.3) is 0 Å². The molecule has 1 rings (SSSR count). The standard InChI is InChI=1S/C12H16N2O5S/c1-4-12(19-9(2)3)13-20(17,18)11-7-5-10(6-8-11)14(15)16/h5-9H,4H2,1-3H3. The van der Waals surface area contributed by atoms with Crippen LogP contribution in [0.15, 0.2) is 33.6 Å². The molecule has 110 valence electrons. The fourth-order valence-corrected chi connectivity index (χ4v) is 2.39. The third kappa shape index (κ3) is 4.30. The summed E-state index contributed by atoms with van der Waals surface area (Å²) < 4.78 is 32.9. The number of nitrogens with zero attached hydrogens (tertiary/aromatic N) is 2. The lowest BCUT2D eigenvalue weighted by Gasteiger charge is -2.10. The maximum Gasteiger partial charge on any atom is 0.285 e. The van der Waals surface area contributed by atoms with Crippen LogP contribution >= 0.6 is 0 Å². The van der Waals surface area contributed by atoms with Crippen LogP contribution < -0.4 is 0 Å². The zero-order chi connectivity index (χ0) is 15.3. The molecule has 0 atom stereocenters. The first-order valence-electron chi connectivity index (χ1n) is 6.01. The summed E-state index contributed by atoms with van der Waals surface area (Å²) in [6.07, 6.45) is 0.158. The summed E-state index contributed by atoms with van der Waals surface area (Å²) in [6, 6.07) is 4.55. The van der Waals surface area contributed by atoms with Crippen molar-refractivity contribution in [2.75, 3.05) is 0 Å². The van der Waals surface area contributed by atoms with Gasteiger partial charge in [-0.3, -0.25) is 10.1 Å². The zero-order valence-corrected chi connectivity index (χ0v) is 12.3. The predicted molar refractivity (Wildman–Crippen MR) is 74.2 cm³/mol. The third-order valence-electron chi connectivity index (χ3n) is 2.24. The highest BCUT2D eigenvalue weighted by Crippen LogP contribution is 2.18. The molecule has 1 aromatic carbocycles. The number of sulfonamides is 1. The molecule has 7 nitrogen and oxygen atoms in total. The van der Waals surface area contributed by atoms with Crippen molar-refractivity contribution in [2.45, 2.75) is 38.2 Å². The molecule has 1 aromatic rings. The van der Waals surface area contributed by atoms with E-state index in [0.717, 1.165) is 24.3 Å². The Bertz CT molecular complexity index is 605. The van der Waals surface area contributed by atoms with Crippen LogP contribution in [0.4, 0.5) is 5.69 Å². The summed E-state index contributed by atoms with van der Waals surface area (Å²) in [6.45, 7) is 5.26. The van der Waals surface area contributed by atoms with E-state index < -0.39 is 14.9 Å². The third-order valence-corrected chi connectivity index (χ3v) is 3.55. The topological polar surface area (TPSA) is 98.9 Å². The van der Waals surface area contributed by atoms with E-state index in [2.05, 4.69) is 4.40 Å². The molecule has 0 N–H and O–H groups in total. The minimum absolute atomic E-state index is 0.110. The van der Waals surface area contributed by atoms with E-state index in [9.17, 15) is 18.5 Å². The zero-order valence-electron chi connectivity index (χ0n) is 11.4. The first-order valence-corrected chi connectivity index (χ1v) is 7.45. The van der Waals surface area contributed by atoms with Gasteiger partial charge >= 0.3 is 0 Å². The second-order valence-corrected chi connectivity index (χ2v) is 5.84. The highest BCUT2D eigenvalue weighted by atomic mass is 32.2. The Morgan fingerprint density at radius 1 is 1.35 bits per heavy atom. The highest BCUT2D eigenvalue weighted by Gasteiger charge is 2.16. The average molecular weight is 300 g/mol. The van der Waals surface area contributed by atoms with Gasteiger partial charge in [-0.05, 0) is 26.0 Å². The van der Waals surface area contributed by atoms with Crippen molar-refractivity contribution in [3.8, 4) is 0 Å². The van der Waals surface area contributed by atoms with Gasteiger partial charge in [0.05, 0.1) is 15.9 Å². The van der Waals surface area contributed by atoms with Gasteiger partial charge in [-0.25, -0.2) is 0 Å².